The van der Waals surface area contributed by atoms with Crippen molar-refractivity contribution in [2.24, 2.45) is 13.0 Å². The van der Waals surface area contributed by atoms with Gasteiger partial charge in [-0.1, -0.05) is 12.2 Å². The van der Waals surface area contributed by atoms with Crippen molar-refractivity contribution in [3.8, 4) is 0 Å². The molecule has 8 heteroatoms. The number of nitrogens with one attached hydrogen (secondary N) is 1. The lowest BCUT2D eigenvalue weighted by molar-refractivity contribution is -0.147. The van der Waals surface area contributed by atoms with Gasteiger partial charge in [-0.25, -0.2) is 4.79 Å². The molecule has 1 heterocycles. The Kier molecular flexibility index (Phi) is 4.59. The van der Waals surface area contributed by atoms with Crippen LogP contribution in [0.5, 0.6) is 0 Å². The van der Waals surface area contributed by atoms with Gasteiger partial charge in [-0.2, -0.15) is 0 Å². The van der Waals surface area contributed by atoms with E-state index >= 15 is 0 Å². The molecule has 0 saturated carbocycles. The van der Waals surface area contributed by atoms with Crippen molar-refractivity contribution in [2.75, 3.05) is 12.3 Å². The normalized spacial score (nSPS) is 17.2. The molecule has 1 aromatic heterocycles. The monoisotopic (exact) mass is 307 g/mol. The summed E-state index contributed by atoms with van der Waals surface area (Å²) in [6.45, 7) is -0.579. The van der Waals surface area contributed by atoms with Crippen molar-refractivity contribution in [1.29, 1.82) is 0 Å². The number of carbonyl (C=O) groups excluding carboxylic acids is 2. The molecule has 118 valence electrons. The molecule has 0 radical (unpaired) electrons. The Balaban J connectivity index is 2.09. The minimum atomic E-state index is -0.887. The number of H-pyrrole nitrogens is 1. The molecular formula is C14H17N3O5. The summed E-state index contributed by atoms with van der Waals surface area (Å²) >= 11 is 0. The average molecular weight is 307 g/mol. The van der Waals surface area contributed by atoms with E-state index in [1.54, 1.807) is 0 Å². The van der Waals surface area contributed by atoms with Crippen molar-refractivity contribution in [1.82, 2.24) is 9.55 Å². The number of Topliss-reactive ketones (excluding diaryl/α,β-unsaturated/α-hetero) is 1. The predicted molar refractivity (Wildman–Crippen MR) is 78.5 cm³/mol. The fraction of sp³-hybridized carbons (Fsp3) is 0.429. The summed E-state index contributed by atoms with van der Waals surface area (Å²) in [5.41, 5.74) is 3.63. The molecular weight excluding hydrogens is 290 g/mol. The molecule has 1 atom stereocenters. The molecule has 0 aromatic carbocycles. The van der Waals surface area contributed by atoms with Crippen molar-refractivity contribution in [2.45, 2.75) is 19.3 Å². The van der Waals surface area contributed by atoms with Gasteiger partial charge < -0.3 is 10.5 Å². The number of hydrogen-bond donors (Lipinski definition) is 2. The Bertz CT molecular complexity index is 744. The molecule has 1 aromatic rings. The third kappa shape index (κ3) is 3.16. The SMILES string of the molecule is Cn1c(N)c(C(=O)COC(=O)[C@H]2CC=CCC2)c(=O)[nH]c1=O. The minimum absolute atomic E-state index is 0.254. The number of carbonyl (C=O) groups is 2. The van der Waals surface area contributed by atoms with Crippen LogP contribution in [-0.2, 0) is 16.6 Å². The number of allylic oxidation sites excluding steroid dienone is 2. The second-order valence-electron chi connectivity index (χ2n) is 5.09. The third-order valence-corrected chi connectivity index (χ3v) is 3.60. The van der Waals surface area contributed by atoms with Gasteiger partial charge in [-0.15, -0.1) is 0 Å². The molecule has 8 nitrogen and oxygen atoms in total. The van der Waals surface area contributed by atoms with E-state index in [-0.39, 0.29) is 17.3 Å². The first kappa shape index (κ1) is 15.7. The van der Waals surface area contributed by atoms with Crippen LogP contribution in [0.25, 0.3) is 0 Å². The Morgan fingerprint density at radius 2 is 2.14 bits per heavy atom. The van der Waals surface area contributed by atoms with Gasteiger partial charge in [0.15, 0.2) is 6.61 Å². The number of hydrogen-bond acceptors (Lipinski definition) is 6. The standard InChI is InChI=1S/C14H17N3O5/c1-17-11(15)10(12(19)16-14(17)21)9(18)7-22-13(20)8-5-3-2-4-6-8/h2-3,8H,4-7,15H2,1H3,(H,16,19,21)/t8-/m0/s1. The van der Waals surface area contributed by atoms with Crippen molar-refractivity contribution in [3.63, 3.8) is 0 Å². The first-order valence-electron chi connectivity index (χ1n) is 6.85. The smallest absolute Gasteiger partial charge is 0.329 e. The molecule has 0 unspecified atom stereocenters. The van der Waals surface area contributed by atoms with E-state index in [1.165, 1.54) is 7.05 Å². The summed E-state index contributed by atoms with van der Waals surface area (Å²) in [5.74, 6) is -1.74. The van der Waals surface area contributed by atoms with Crippen LogP contribution in [0.15, 0.2) is 21.7 Å². The predicted octanol–water partition coefficient (Wildman–Crippen LogP) is -0.262. The van der Waals surface area contributed by atoms with E-state index < -0.39 is 29.6 Å². The van der Waals surface area contributed by atoms with E-state index in [9.17, 15) is 19.2 Å². The first-order chi connectivity index (χ1) is 10.4. The van der Waals surface area contributed by atoms with Crippen LogP contribution in [0.4, 0.5) is 5.82 Å². The highest BCUT2D eigenvalue weighted by atomic mass is 16.5. The number of ketones is 1. The molecule has 22 heavy (non-hydrogen) atoms. The molecule has 0 amide bonds. The fourth-order valence-corrected chi connectivity index (χ4v) is 2.24. The molecule has 1 aliphatic carbocycles. The first-order valence-corrected chi connectivity index (χ1v) is 6.85. The number of ether oxygens (including phenoxy) is 1. The highest BCUT2D eigenvalue weighted by molar-refractivity contribution is 6.01. The topological polar surface area (TPSA) is 124 Å². The lowest BCUT2D eigenvalue weighted by Crippen LogP contribution is -2.36. The molecule has 0 bridgehead atoms. The van der Waals surface area contributed by atoms with Crippen LogP contribution >= 0.6 is 0 Å². The highest BCUT2D eigenvalue weighted by Gasteiger charge is 2.23. The quantitative estimate of drug-likeness (QED) is 0.448. The van der Waals surface area contributed by atoms with Crippen LogP contribution in [-0.4, -0.2) is 27.9 Å². The number of nitrogens with zero attached hydrogens (tertiary/aromatic N) is 1. The Morgan fingerprint density at radius 3 is 2.77 bits per heavy atom. The summed E-state index contributed by atoms with van der Waals surface area (Å²) in [7, 11) is 1.32. The number of nitrogens with two attached hydrogens (primary N) is 1. The lowest BCUT2D eigenvalue weighted by Gasteiger charge is -2.16. The number of esters is 1. The maximum absolute atomic E-state index is 12.0. The van der Waals surface area contributed by atoms with E-state index in [2.05, 4.69) is 0 Å². The van der Waals surface area contributed by atoms with Crippen LogP contribution in [0.1, 0.15) is 29.6 Å². The van der Waals surface area contributed by atoms with Gasteiger partial charge in [-0.3, -0.25) is 23.9 Å². The number of nitrogen functional groups attached to an aromatic ring is 1. The van der Waals surface area contributed by atoms with E-state index in [0.29, 0.717) is 12.8 Å². The Hall–Kier alpha value is -2.64. The molecule has 0 aliphatic heterocycles. The number of aromatic amines is 1. The summed E-state index contributed by atoms with van der Waals surface area (Å²) in [6, 6.07) is 0. The molecule has 1 aliphatic rings. The summed E-state index contributed by atoms with van der Waals surface area (Å²) in [4.78, 5) is 48.9. The van der Waals surface area contributed by atoms with E-state index in [4.69, 9.17) is 10.5 Å². The summed E-state index contributed by atoms with van der Waals surface area (Å²) < 4.78 is 5.91. The van der Waals surface area contributed by atoms with Crippen molar-refractivity contribution < 1.29 is 14.3 Å². The van der Waals surface area contributed by atoms with Gasteiger partial charge in [0.05, 0.1) is 5.92 Å². The largest absolute Gasteiger partial charge is 0.457 e. The second kappa shape index (κ2) is 6.42. The van der Waals surface area contributed by atoms with E-state index in [1.807, 2.05) is 17.1 Å². The van der Waals surface area contributed by atoms with Crippen molar-refractivity contribution >= 4 is 17.6 Å². The third-order valence-electron chi connectivity index (χ3n) is 3.60. The van der Waals surface area contributed by atoms with Gasteiger partial charge >= 0.3 is 11.7 Å². The van der Waals surface area contributed by atoms with Gasteiger partial charge in [0.1, 0.15) is 11.4 Å². The fourth-order valence-electron chi connectivity index (χ4n) is 2.24. The van der Waals surface area contributed by atoms with Crippen LogP contribution in [0, 0.1) is 5.92 Å². The minimum Gasteiger partial charge on any atom is -0.457 e. The second-order valence-corrected chi connectivity index (χ2v) is 5.09. The van der Waals surface area contributed by atoms with Crippen LogP contribution in [0.2, 0.25) is 0 Å². The Morgan fingerprint density at radius 1 is 1.41 bits per heavy atom. The number of anilines is 1. The number of rotatable bonds is 4. The maximum Gasteiger partial charge on any atom is 0.329 e. The zero-order chi connectivity index (χ0) is 16.3. The van der Waals surface area contributed by atoms with E-state index in [0.717, 1.165) is 11.0 Å². The number of aromatic nitrogens is 2. The van der Waals surface area contributed by atoms with Crippen LogP contribution in [0.3, 0.4) is 0 Å². The van der Waals surface area contributed by atoms with Gasteiger partial charge in [0.25, 0.3) is 5.56 Å². The molecule has 2 rings (SSSR count). The van der Waals surface area contributed by atoms with Gasteiger partial charge in [-0.05, 0) is 19.3 Å². The summed E-state index contributed by atoms with van der Waals surface area (Å²) in [6.07, 6.45) is 5.93. The van der Waals surface area contributed by atoms with Gasteiger partial charge in [0, 0.05) is 7.05 Å². The maximum atomic E-state index is 12.0. The highest BCUT2D eigenvalue weighted by Crippen LogP contribution is 2.19. The Labute approximate surface area is 125 Å². The molecule has 0 fully saturated rings. The van der Waals surface area contributed by atoms with Gasteiger partial charge in [0.2, 0.25) is 5.78 Å². The summed E-state index contributed by atoms with van der Waals surface area (Å²) in [5, 5.41) is 0. The lowest BCUT2D eigenvalue weighted by atomic mass is 9.95. The zero-order valence-electron chi connectivity index (χ0n) is 12.1. The zero-order valence-corrected chi connectivity index (χ0v) is 12.1. The molecule has 0 saturated heterocycles. The van der Waals surface area contributed by atoms with Crippen molar-refractivity contribution in [3.05, 3.63) is 38.6 Å². The molecule has 0 spiro atoms. The average Bonchev–Trinajstić information content (AvgIpc) is 2.51. The molecule has 3 N–H and O–H groups in total. The van der Waals surface area contributed by atoms with Crippen LogP contribution < -0.4 is 17.0 Å².